The van der Waals surface area contributed by atoms with Crippen LogP contribution >= 0.6 is 0 Å². The smallest absolute Gasteiger partial charge is 0.127 e. The Morgan fingerprint density at radius 2 is 0.710 bits per heavy atom. The number of phenolic OH excluding ortho intramolecular Hbond substituents is 2. The Morgan fingerprint density at radius 1 is 0.406 bits per heavy atom. The number of benzene rings is 4. The summed E-state index contributed by atoms with van der Waals surface area (Å²) in [5, 5.41) is 25.7. The van der Waals surface area contributed by atoms with E-state index in [9.17, 15) is 10.2 Å². The van der Waals surface area contributed by atoms with Gasteiger partial charge in [0.1, 0.15) is 11.5 Å². The maximum atomic E-state index is 12.8. The molecular formula is C65H83NO2Zr-2. The molecule has 8 fully saturated rings. The fourth-order valence-corrected chi connectivity index (χ4v) is 19.4. The van der Waals surface area contributed by atoms with E-state index in [1.165, 1.54) is 71.9 Å². The fourth-order valence-electron chi connectivity index (χ4n) is 19.4. The van der Waals surface area contributed by atoms with Crippen LogP contribution in [0.3, 0.4) is 0 Å². The van der Waals surface area contributed by atoms with Crippen LogP contribution in [0.15, 0.2) is 78.9 Å². The molecule has 0 aliphatic heterocycles. The zero-order chi connectivity index (χ0) is 46.8. The largest absolute Gasteiger partial charge is 0.507 e. The predicted molar refractivity (Wildman–Crippen MR) is 287 cm³/mol. The summed E-state index contributed by atoms with van der Waals surface area (Å²) >= 11 is 0. The summed E-state index contributed by atoms with van der Waals surface area (Å²) in [5.74, 6) is 1.57. The fraction of sp³-hybridized carbons (Fsp3) is 0.523. The van der Waals surface area contributed by atoms with Gasteiger partial charge in [-0.15, -0.1) is 0 Å². The summed E-state index contributed by atoms with van der Waals surface area (Å²) in [6.45, 7) is 28.7. The minimum Gasteiger partial charge on any atom is -0.507 e. The van der Waals surface area contributed by atoms with Gasteiger partial charge in [0.2, 0.25) is 0 Å². The second-order valence-electron chi connectivity index (χ2n) is 27.3. The molecule has 0 amide bonds. The Balaban J connectivity index is 0.00000214. The number of aryl methyl sites for hydroxylation is 2. The zero-order valence-electron chi connectivity index (χ0n) is 45.0. The van der Waals surface area contributed by atoms with E-state index >= 15 is 0 Å². The van der Waals surface area contributed by atoms with Crippen molar-refractivity contribution in [3.05, 3.63) is 127 Å². The van der Waals surface area contributed by atoms with E-state index in [0.29, 0.717) is 55.8 Å². The van der Waals surface area contributed by atoms with Gasteiger partial charge in [0.05, 0.1) is 11.4 Å². The van der Waals surface area contributed by atoms with Crippen LogP contribution in [-0.4, -0.2) is 15.2 Å². The molecule has 69 heavy (non-hydrogen) atoms. The van der Waals surface area contributed by atoms with E-state index < -0.39 is 0 Å². The first-order chi connectivity index (χ1) is 30.8. The molecule has 13 rings (SSSR count). The molecule has 8 saturated carbocycles. The number of aromatic nitrogens is 1. The van der Waals surface area contributed by atoms with Gasteiger partial charge in [0.25, 0.3) is 0 Å². The van der Waals surface area contributed by atoms with Crippen LogP contribution < -0.4 is 0 Å². The van der Waals surface area contributed by atoms with Gasteiger partial charge >= 0.3 is 0 Å². The monoisotopic (exact) mass is 1000 g/mol. The quantitative estimate of drug-likeness (QED) is 0.152. The maximum Gasteiger partial charge on any atom is 0.127 e. The molecule has 8 aliphatic carbocycles. The summed E-state index contributed by atoms with van der Waals surface area (Å²) in [6, 6.07) is 29.3. The molecule has 8 aliphatic rings. The molecule has 0 radical (unpaired) electrons. The molecule has 0 unspecified atom stereocenters. The second kappa shape index (κ2) is 16.8. The summed E-state index contributed by atoms with van der Waals surface area (Å²) in [7, 11) is 0. The van der Waals surface area contributed by atoms with Crippen molar-refractivity contribution in [1.29, 1.82) is 0 Å². The van der Waals surface area contributed by atoms with E-state index in [1.807, 2.05) is 0 Å². The molecule has 2 N–H and O–H groups in total. The SMILES string of the molecule is Cc1cc(-c2ccc(C(C)C)cc2-c2cccc(-c3cc(C(C)C)ccc3-c3cc(C)cc(C45CC6(C)CC(C)(CC(C)(C6)C4)C5)c3O)n2)c(O)c(C23CC4(C)CC(C)(CC(C)(C4)C2)C3)c1.[CH3-].[CH3-].[Zr]. The molecular weight excluding hydrogens is 918 g/mol. The van der Waals surface area contributed by atoms with Gasteiger partial charge in [-0.25, -0.2) is 4.98 Å². The Bertz CT molecular complexity index is 2550. The number of nitrogens with zero attached hydrogens (tertiary/aromatic N) is 1. The van der Waals surface area contributed by atoms with Crippen molar-refractivity contribution >= 4 is 0 Å². The number of hydrogen-bond acceptors (Lipinski definition) is 3. The Morgan fingerprint density at radius 3 is 1.00 bits per heavy atom. The molecule has 3 nitrogen and oxygen atoms in total. The summed E-state index contributed by atoms with van der Waals surface area (Å²) in [4.78, 5) is 5.64. The molecule has 1 aromatic heterocycles. The van der Waals surface area contributed by atoms with E-state index in [-0.39, 0.29) is 51.9 Å². The van der Waals surface area contributed by atoms with Crippen LogP contribution in [0.1, 0.15) is 192 Å². The topological polar surface area (TPSA) is 53.4 Å². The van der Waals surface area contributed by atoms with Gasteiger partial charge in [-0.2, -0.15) is 0 Å². The summed E-state index contributed by atoms with van der Waals surface area (Å²) in [6.07, 6.45) is 14.7. The number of pyridine rings is 1. The van der Waals surface area contributed by atoms with Gasteiger partial charge < -0.3 is 25.1 Å². The zero-order valence-corrected chi connectivity index (χ0v) is 47.4. The normalized spacial score (nSPS) is 33.6. The third kappa shape index (κ3) is 8.47. The van der Waals surface area contributed by atoms with Crippen LogP contribution in [0.2, 0.25) is 0 Å². The second-order valence-corrected chi connectivity index (χ2v) is 27.3. The number of hydrogen-bond donors (Lipinski definition) is 2. The van der Waals surface area contributed by atoms with Gasteiger partial charge in [-0.3, -0.25) is 0 Å². The van der Waals surface area contributed by atoms with Crippen LogP contribution in [0.5, 0.6) is 11.5 Å². The van der Waals surface area contributed by atoms with Gasteiger partial charge in [-0.1, -0.05) is 112 Å². The Kier molecular flexibility index (Phi) is 12.6. The van der Waals surface area contributed by atoms with Crippen molar-refractivity contribution < 1.29 is 36.4 Å². The van der Waals surface area contributed by atoms with Crippen LogP contribution in [-0.2, 0) is 37.0 Å². The van der Waals surface area contributed by atoms with Crippen molar-refractivity contribution in [2.45, 2.75) is 183 Å². The first-order valence-electron chi connectivity index (χ1n) is 25.8. The molecule has 366 valence electrons. The minimum absolute atomic E-state index is 0. The number of phenols is 2. The maximum absolute atomic E-state index is 12.8. The van der Waals surface area contributed by atoms with Crippen molar-refractivity contribution in [3.8, 4) is 56.3 Å². The van der Waals surface area contributed by atoms with Gasteiger partial charge in [0.15, 0.2) is 0 Å². The standard InChI is InChI=1S/C63H77NO2.2CH3.Zr/c1-38(2)42-16-18-44(48-20-40(5)22-50(54(48)65)62-32-56(7)26-57(8,33-62)28-58(9,27-56)34-62)46(24-42)52-14-13-15-53(64-52)47-25-43(39(3)4)17-19-45(47)49-21-41(6)23-51(55(49)66)63-35-59(10)29-60(11,36-63)31-61(12,30-59)37-63;;;/h13-25,38-39,65-66H,26-37H2,1-12H3;2*1H3;/q;2*-1;. The molecule has 8 bridgehead atoms. The van der Waals surface area contributed by atoms with Crippen molar-refractivity contribution in [2.24, 2.45) is 32.5 Å². The van der Waals surface area contributed by atoms with Crippen molar-refractivity contribution in [1.82, 2.24) is 4.98 Å². The molecule has 1 heterocycles. The van der Waals surface area contributed by atoms with E-state index in [4.69, 9.17) is 4.98 Å². The van der Waals surface area contributed by atoms with Gasteiger partial charge in [-0.05, 0) is 205 Å². The van der Waals surface area contributed by atoms with Crippen LogP contribution in [0, 0.1) is 61.2 Å². The Hall–Kier alpha value is -3.49. The van der Waals surface area contributed by atoms with E-state index in [0.717, 1.165) is 83.3 Å². The molecule has 0 spiro atoms. The van der Waals surface area contributed by atoms with E-state index in [2.05, 4.69) is 162 Å². The summed E-state index contributed by atoms with van der Waals surface area (Å²) in [5.41, 5.74) is 16.8. The summed E-state index contributed by atoms with van der Waals surface area (Å²) < 4.78 is 0. The third-order valence-electron chi connectivity index (χ3n) is 18.7. The molecule has 0 atom stereocenters. The minimum atomic E-state index is -0.0311. The van der Waals surface area contributed by atoms with Gasteiger partial charge in [0, 0.05) is 70.4 Å². The van der Waals surface area contributed by atoms with Crippen LogP contribution in [0.4, 0.5) is 0 Å². The Labute approximate surface area is 437 Å². The van der Waals surface area contributed by atoms with Crippen LogP contribution in [0.25, 0.3) is 44.8 Å². The van der Waals surface area contributed by atoms with E-state index in [1.54, 1.807) is 0 Å². The number of rotatable bonds is 8. The molecule has 4 aromatic carbocycles. The van der Waals surface area contributed by atoms with Crippen molar-refractivity contribution in [2.75, 3.05) is 0 Å². The third-order valence-corrected chi connectivity index (χ3v) is 18.7. The predicted octanol–water partition coefficient (Wildman–Crippen LogP) is 18.2. The average molecular weight is 1000 g/mol. The average Bonchev–Trinajstić information content (AvgIpc) is 3.18. The first-order valence-corrected chi connectivity index (χ1v) is 25.8. The molecule has 0 saturated heterocycles. The number of aromatic hydroxyl groups is 2. The molecule has 5 aromatic rings. The van der Waals surface area contributed by atoms with Crippen molar-refractivity contribution in [3.63, 3.8) is 0 Å². The first kappa shape index (κ1) is 51.9. The molecule has 4 heteroatoms.